The Hall–Kier alpha value is -2.75. The first-order valence-corrected chi connectivity index (χ1v) is 5.72. The maximum absolute atomic E-state index is 11.0. The molecule has 0 bridgehead atoms. The highest BCUT2D eigenvalue weighted by atomic mass is 16.6. The van der Waals surface area contributed by atoms with Crippen molar-refractivity contribution in [1.82, 2.24) is 0 Å². The molecule has 0 aromatic heterocycles. The standard InChI is InChI=1S/C13H14N2O5/c1-3-7-14(8-6-13(16)17)10-4-5-12(20-2)11(9-10)15(18)19/h1,4-5,9H,6-8H2,2H3,(H,16,17). The fraction of sp³-hybridized carbons (Fsp3) is 0.308. The van der Waals surface area contributed by atoms with Gasteiger partial charge in [-0.25, -0.2) is 0 Å². The third-order valence-corrected chi connectivity index (χ3v) is 2.60. The number of ether oxygens (including phenoxy) is 1. The lowest BCUT2D eigenvalue weighted by Crippen LogP contribution is -2.26. The number of benzene rings is 1. The van der Waals surface area contributed by atoms with Crippen LogP contribution in [0.1, 0.15) is 6.42 Å². The summed E-state index contributed by atoms with van der Waals surface area (Å²) in [4.78, 5) is 22.6. The molecule has 0 unspecified atom stereocenters. The quantitative estimate of drug-likeness (QED) is 0.461. The molecule has 1 N–H and O–H groups in total. The van der Waals surface area contributed by atoms with Crippen molar-refractivity contribution in [3.63, 3.8) is 0 Å². The van der Waals surface area contributed by atoms with Crippen LogP contribution >= 0.6 is 0 Å². The molecule has 1 aromatic rings. The van der Waals surface area contributed by atoms with Gasteiger partial charge in [-0.1, -0.05) is 5.92 Å². The van der Waals surface area contributed by atoms with Crippen molar-refractivity contribution in [2.75, 3.05) is 25.1 Å². The monoisotopic (exact) mass is 278 g/mol. The van der Waals surface area contributed by atoms with Crippen molar-refractivity contribution in [2.24, 2.45) is 0 Å². The number of carbonyl (C=O) groups is 1. The van der Waals surface area contributed by atoms with Crippen LogP contribution in [0.5, 0.6) is 5.75 Å². The number of rotatable bonds is 7. The number of nitro benzene ring substituents is 1. The minimum Gasteiger partial charge on any atom is -0.490 e. The van der Waals surface area contributed by atoms with Crippen LogP contribution in [-0.4, -0.2) is 36.2 Å². The first-order valence-electron chi connectivity index (χ1n) is 5.72. The largest absolute Gasteiger partial charge is 0.490 e. The normalized spacial score (nSPS) is 9.60. The number of nitro groups is 1. The predicted octanol–water partition coefficient (Wildman–Crippen LogP) is 1.52. The molecule has 1 aromatic carbocycles. The molecule has 0 radical (unpaired) electrons. The molecule has 0 spiro atoms. The smallest absolute Gasteiger partial charge is 0.312 e. The second kappa shape index (κ2) is 6.99. The van der Waals surface area contributed by atoms with Crippen molar-refractivity contribution in [3.8, 4) is 18.1 Å². The number of terminal acetylenes is 1. The van der Waals surface area contributed by atoms with Gasteiger partial charge in [0.05, 0.1) is 25.0 Å². The van der Waals surface area contributed by atoms with Crippen LogP contribution in [0.25, 0.3) is 0 Å². The first-order chi connectivity index (χ1) is 9.49. The Bertz CT molecular complexity index is 550. The fourth-order valence-corrected chi connectivity index (χ4v) is 1.66. The highest BCUT2D eigenvalue weighted by Gasteiger charge is 2.18. The second-order valence-corrected chi connectivity index (χ2v) is 3.88. The van der Waals surface area contributed by atoms with E-state index < -0.39 is 10.9 Å². The van der Waals surface area contributed by atoms with Crippen molar-refractivity contribution in [1.29, 1.82) is 0 Å². The first kappa shape index (κ1) is 15.3. The average Bonchev–Trinajstić information content (AvgIpc) is 2.42. The Balaban J connectivity index is 3.07. The molecule has 0 saturated heterocycles. The van der Waals surface area contributed by atoms with Crippen LogP contribution in [0.4, 0.5) is 11.4 Å². The molecule has 7 nitrogen and oxygen atoms in total. The summed E-state index contributed by atoms with van der Waals surface area (Å²) in [7, 11) is 1.34. The average molecular weight is 278 g/mol. The van der Waals surface area contributed by atoms with Gasteiger partial charge >= 0.3 is 11.7 Å². The Labute approximate surface area is 115 Å². The highest BCUT2D eigenvalue weighted by molar-refractivity contribution is 5.68. The molecule has 0 heterocycles. The molecule has 1 rings (SSSR count). The molecule has 106 valence electrons. The van der Waals surface area contributed by atoms with Gasteiger partial charge in [-0.15, -0.1) is 6.42 Å². The zero-order valence-corrected chi connectivity index (χ0v) is 10.9. The molecule has 0 fully saturated rings. The summed E-state index contributed by atoms with van der Waals surface area (Å²) in [5, 5.41) is 19.6. The lowest BCUT2D eigenvalue weighted by molar-refractivity contribution is -0.385. The summed E-state index contributed by atoms with van der Waals surface area (Å²) < 4.78 is 4.90. The number of nitrogens with zero attached hydrogens (tertiary/aromatic N) is 2. The van der Waals surface area contributed by atoms with E-state index in [-0.39, 0.29) is 30.9 Å². The number of aliphatic carboxylic acids is 1. The van der Waals surface area contributed by atoms with E-state index in [1.54, 1.807) is 11.0 Å². The lowest BCUT2D eigenvalue weighted by Gasteiger charge is -2.21. The van der Waals surface area contributed by atoms with Gasteiger partial charge in [-0.05, 0) is 12.1 Å². The molecule has 0 atom stereocenters. The summed E-state index contributed by atoms with van der Waals surface area (Å²) in [6.45, 7) is 0.333. The molecule has 0 aliphatic rings. The molecule has 0 saturated carbocycles. The van der Waals surface area contributed by atoms with E-state index in [2.05, 4.69) is 5.92 Å². The lowest BCUT2D eigenvalue weighted by atomic mass is 10.2. The van der Waals surface area contributed by atoms with E-state index in [1.165, 1.54) is 19.2 Å². The van der Waals surface area contributed by atoms with Crippen LogP contribution in [0.15, 0.2) is 18.2 Å². The van der Waals surface area contributed by atoms with Crippen LogP contribution in [0.3, 0.4) is 0 Å². The van der Waals surface area contributed by atoms with Crippen molar-refractivity contribution >= 4 is 17.3 Å². The van der Waals surface area contributed by atoms with Crippen LogP contribution in [0, 0.1) is 22.5 Å². The Morgan fingerprint density at radius 2 is 2.30 bits per heavy atom. The van der Waals surface area contributed by atoms with Gasteiger partial charge in [0.2, 0.25) is 0 Å². The summed E-state index contributed by atoms with van der Waals surface area (Å²) >= 11 is 0. The second-order valence-electron chi connectivity index (χ2n) is 3.88. The Morgan fingerprint density at radius 1 is 1.60 bits per heavy atom. The van der Waals surface area contributed by atoms with Crippen molar-refractivity contribution in [2.45, 2.75) is 6.42 Å². The minimum atomic E-state index is -0.963. The molecular formula is C13H14N2O5. The fourth-order valence-electron chi connectivity index (χ4n) is 1.66. The van der Waals surface area contributed by atoms with Gasteiger partial charge in [-0.3, -0.25) is 14.9 Å². The van der Waals surface area contributed by atoms with Gasteiger partial charge in [0.15, 0.2) is 5.75 Å². The number of hydrogen-bond acceptors (Lipinski definition) is 5. The number of carboxylic acid groups (broad SMARTS) is 1. The zero-order chi connectivity index (χ0) is 15.1. The predicted molar refractivity (Wildman–Crippen MR) is 72.9 cm³/mol. The summed E-state index contributed by atoms with van der Waals surface area (Å²) in [5.74, 6) is 1.57. The van der Waals surface area contributed by atoms with Gasteiger partial charge in [0.25, 0.3) is 0 Å². The van der Waals surface area contributed by atoms with Gasteiger partial charge in [-0.2, -0.15) is 0 Å². The SMILES string of the molecule is C#CCN(CCC(=O)O)c1ccc(OC)c([N+](=O)[O-])c1. The topological polar surface area (TPSA) is 92.9 Å². The molecule has 7 heteroatoms. The zero-order valence-electron chi connectivity index (χ0n) is 10.9. The number of carboxylic acids is 1. The van der Waals surface area contributed by atoms with E-state index in [0.29, 0.717) is 5.69 Å². The maximum atomic E-state index is 11.0. The molecule has 20 heavy (non-hydrogen) atoms. The van der Waals surface area contributed by atoms with Crippen molar-refractivity contribution < 1.29 is 19.6 Å². The Kier molecular flexibility index (Phi) is 5.35. The summed E-state index contributed by atoms with van der Waals surface area (Å²) in [5.41, 5.74) is 0.291. The maximum Gasteiger partial charge on any atom is 0.312 e. The number of anilines is 1. The minimum absolute atomic E-state index is 0.110. The van der Waals surface area contributed by atoms with E-state index in [9.17, 15) is 14.9 Å². The van der Waals surface area contributed by atoms with Crippen LogP contribution in [0.2, 0.25) is 0 Å². The van der Waals surface area contributed by atoms with E-state index in [0.717, 1.165) is 0 Å². The third-order valence-electron chi connectivity index (χ3n) is 2.60. The highest BCUT2D eigenvalue weighted by Crippen LogP contribution is 2.31. The van der Waals surface area contributed by atoms with Crippen LogP contribution < -0.4 is 9.64 Å². The van der Waals surface area contributed by atoms with Gasteiger partial charge in [0, 0.05) is 18.3 Å². The van der Waals surface area contributed by atoms with E-state index in [4.69, 9.17) is 16.3 Å². The molecular weight excluding hydrogens is 264 g/mol. The third kappa shape index (κ3) is 3.88. The number of hydrogen-bond donors (Lipinski definition) is 1. The van der Waals surface area contributed by atoms with E-state index >= 15 is 0 Å². The molecule has 0 amide bonds. The van der Waals surface area contributed by atoms with Crippen molar-refractivity contribution in [3.05, 3.63) is 28.3 Å². The molecule has 0 aliphatic carbocycles. The van der Waals surface area contributed by atoms with E-state index in [1.807, 2.05) is 0 Å². The summed E-state index contributed by atoms with van der Waals surface area (Å²) in [6.07, 6.45) is 5.12. The Morgan fingerprint density at radius 3 is 2.80 bits per heavy atom. The van der Waals surface area contributed by atoms with Gasteiger partial charge < -0.3 is 14.7 Å². The molecule has 0 aliphatic heterocycles. The number of methoxy groups -OCH3 is 1. The van der Waals surface area contributed by atoms with Gasteiger partial charge in [0.1, 0.15) is 0 Å². The van der Waals surface area contributed by atoms with Crippen LogP contribution in [-0.2, 0) is 4.79 Å². The summed E-state index contributed by atoms with van der Waals surface area (Å²) in [6, 6.07) is 4.38.